The molecule has 0 aliphatic carbocycles. The Morgan fingerprint density at radius 2 is 1.88 bits per heavy atom. The summed E-state index contributed by atoms with van der Waals surface area (Å²) in [5.41, 5.74) is 3.70. The molecule has 0 radical (unpaired) electrons. The Kier molecular flexibility index (Phi) is 2.95. The highest BCUT2D eigenvalue weighted by atomic mass is 15.2. The Balaban J connectivity index is 2.45. The van der Waals surface area contributed by atoms with Crippen LogP contribution in [0.1, 0.15) is 18.1 Å². The van der Waals surface area contributed by atoms with Crippen molar-refractivity contribution in [2.24, 2.45) is 0 Å². The minimum Gasteiger partial charge on any atom is -0.356 e. The number of hydrogen-bond acceptors (Lipinski definition) is 2. The minimum absolute atomic E-state index is 0.877. The number of nitrogens with zero attached hydrogens (tertiary/aromatic N) is 2. The summed E-state index contributed by atoms with van der Waals surface area (Å²) in [5.74, 6) is 0.896. The van der Waals surface area contributed by atoms with Gasteiger partial charge in [0.15, 0.2) is 0 Å². The molecule has 0 saturated heterocycles. The first-order valence-corrected chi connectivity index (χ1v) is 5.56. The lowest BCUT2D eigenvalue weighted by atomic mass is 10.1. The van der Waals surface area contributed by atoms with E-state index in [1.165, 1.54) is 11.1 Å². The van der Waals surface area contributed by atoms with Crippen LogP contribution in [0, 0.1) is 13.8 Å². The number of rotatable bonds is 3. The molecule has 1 heterocycles. The first kappa shape index (κ1) is 10.7. The Hall–Kier alpha value is -1.77. The average Bonchev–Trinajstić information content (AvgIpc) is 2.65. The van der Waals surface area contributed by atoms with E-state index in [1.54, 1.807) is 0 Å². The highest BCUT2D eigenvalue weighted by Gasteiger charge is 2.04. The van der Waals surface area contributed by atoms with Gasteiger partial charge in [-0.3, -0.25) is 4.57 Å². The van der Waals surface area contributed by atoms with E-state index < -0.39 is 0 Å². The van der Waals surface area contributed by atoms with Gasteiger partial charge < -0.3 is 5.32 Å². The summed E-state index contributed by atoms with van der Waals surface area (Å²) in [6.07, 6.45) is 3.79. The first-order valence-electron chi connectivity index (χ1n) is 5.56. The molecule has 1 aromatic carbocycles. The predicted molar refractivity (Wildman–Crippen MR) is 67.2 cm³/mol. The first-order chi connectivity index (χ1) is 7.70. The van der Waals surface area contributed by atoms with Crippen LogP contribution in [0.4, 0.5) is 5.95 Å². The lowest BCUT2D eigenvalue weighted by molar-refractivity contribution is 1.02. The molecule has 0 spiro atoms. The van der Waals surface area contributed by atoms with Crippen LogP contribution in [0.5, 0.6) is 0 Å². The lowest BCUT2D eigenvalue weighted by Gasteiger charge is -2.10. The number of imidazole rings is 1. The topological polar surface area (TPSA) is 29.9 Å². The van der Waals surface area contributed by atoms with E-state index in [4.69, 9.17) is 0 Å². The van der Waals surface area contributed by atoms with Crippen molar-refractivity contribution in [3.8, 4) is 5.69 Å². The van der Waals surface area contributed by atoms with Crippen molar-refractivity contribution in [3.63, 3.8) is 0 Å². The summed E-state index contributed by atoms with van der Waals surface area (Å²) < 4.78 is 2.07. The fourth-order valence-corrected chi connectivity index (χ4v) is 1.89. The van der Waals surface area contributed by atoms with Crippen molar-refractivity contribution in [1.82, 2.24) is 9.55 Å². The number of hydrogen-bond donors (Lipinski definition) is 1. The maximum absolute atomic E-state index is 4.29. The monoisotopic (exact) mass is 215 g/mol. The molecule has 0 unspecified atom stereocenters. The van der Waals surface area contributed by atoms with Crippen LogP contribution in [0.15, 0.2) is 30.6 Å². The molecule has 2 rings (SSSR count). The highest BCUT2D eigenvalue weighted by Crippen LogP contribution is 2.17. The van der Waals surface area contributed by atoms with Crippen LogP contribution < -0.4 is 5.32 Å². The van der Waals surface area contributed by atoms with Crippen LogP contribution in [0.25, 0.3) is 5.69 Å². The molecule has 0 fully saturated rings. The molecule has 1 aromatic heterocycles. The third kappa shape index (κ3) is 2.08. The van der Waals surface area contributed by atoms with Gasteiger partial charge in [-0.05, 0) is 44.0 Å². The summed E-state index contributed by atoms with van der Waals surface area (Å²) in [4.78, 5) is 4.29. The van der Waals surface area contributed by atoms with Gasteiger partial charge in [0.25, 0.3) is 0 Å². The van der Waals surface area contributed by atoms with Gasteiger partial charge in [-0.25, -0.2) is 4.98 Å². The lowest BCUT2D eigenvalue weighted by Crippen LogP contribution is -2.05. The zero-order valence-corrected chi connectivity index (χ0v) is 9.99. The molecule has 0 bridgehead atoms. The second kappa shape index (κ2) is 4.39. The van der Waals surface area contributed by atoms with Crippen molar-refractivity contribution in [2.45, 2.75) is 20.8 Å². The summed E-state index contributed by atoms with van der Waals surface area (Å²) in [7, 11) is 0. The normalized spacial score (nSPS) is 10.4. The second-order valence-corrected chi connectivity index (χ2v) is 4.00. The molecule has 0 atom stereocenters. The number of aryl methyl sites for hydroxylation is 2. The molecular formula is C13H17N3. The predicted octanol–water partition coefficient (Wildman–Crippen LogP) is 2.92. The van der Waals surface area contributed by atoms with Gasteiger partial charge in [-0.15, -0.1) is 0 Å². The van der Waals surface area contributed by atoms with Gasteiger partial charge in [-0.1, -0.05) is 6.07 Å². The van der Waals surface area contributed by atoms with Crippen molar-refractivity contribution >= 4 is 5.95 Å². The van der Waals surface area contributed by atoms with Crippen LogP contribution in [-0.2, 0) is 0 Å². The summed E-state index contributed by atoms with van der Waals surface area (Å²) in [6, 6.07) is 6.50. The molecule has 0 amide bonds. The van der Waals surface area contributed by atoms with Gasteiger partial charge in [0.2, 0.25) is 5.95 Å². The molecule has 16 heavy (non-hydrogen) atoms. The molecule has 3 heteroatoms. The van der Waals surface area contributed by atoms with Crippen molar-refractivity contribution < 1.29 is 0 Å². The molecule has 1 N–H and O–H groups in total. The van der Waals surface area contributed by atoms with E-state index in [0.29, 0.717) is 0 Å². The molecule has 2 aromatic rings. The van der Waals surface area contributed by atoms with E-state index in [9.17, 15) is 0 Å². The fraction of sp³-hybridized carbons (Fsp3) is 0.308. The highest BCUT2D eigenvalue weighted by molar-refractivity contribution is 5.45. The van der Waals surface area contributed by atoms with Crippen LogP contribution >= 0.6 is 0 Å². The number of aromatic nitrogens is 2. The quantitative estimate of drug-likeness (QED) is 0.853. The van der Waals surface area contributed by atoms with Gasteiger partial charge in [0, 0.05) is 24.6 Å². The van der Waals surface area contributed by atoms with E-state index in [0.717, 1.165) is 18.2 Å². The van der Waals surface area contributed by atoms with Crippen molar-refractivity contribution in [2.75, 3.05) is 11.9 Å². The summed E-state index contributed by atoms with van der Waals surface area (Å²) in [5, 5.41) is 3.25. The van der Waals surface area contributed by atoms with E-state index in [-0.39, 0.29) is 0 Å². The second-order valence-electron chi connectivity index (χ2n) is 4.00. The Morgan fingerprint density at radius 3 is 2.50 bits per heavy atom. The molecule has 0 aliphatic heterocycles. The standard InChI is InChI=1S/C13H17N3/c1-4-14-13-15-5-6-16(13)12-8-10(2)7-11(3)9-12/h5-9H,4H2,1-3H3,(H,14,15). The van der Waals surface area contributed by atoms with E-state index >= 15 is 0 Å². The summed E-state index contributed by atoms with van der Waals surface area (Å²) >= 11 is 0. The van der Waals surface area contributed by atoms with E-state index in [1.807, 2.05) is 12.4 Å². The van der Waals surface area contributed by atoms with Gasteiger partial charge in [-0.2, -0.15) is 0 Å². The largest absolute Gasteiger partial charge is 0.356 e. The average molecular weight is 215 g/mol. The summed E-state index contributed by atoms with van der Waals surface area (Å²) in [6.45, 7) is 7.17. The maximum atomic E-state index is 4.29. The fourth-order valence-electron chi connectivity index (χ4n) is 1.89. The third-order valence-corrected chi connectivity index (χ3v) is 2.46. The zero-order valence-electron chi connectivity index (χ0n) is 9.99. The molecule has 0 aliphatic rings. The van der Waals surface area contributed by atoms with E-state index in [2.05, 4.69) is 53.8 Å². The number of benzene rings is 1. The number of anilines is 1. The van der Waals surface area contributed by atoms with Gasteiger partial charge in [0.05, 0.1) is 0 Å². The van der Waals surface area contributed by atoms with Crippen LogP contribution in [-0.4, -0.2) is 16.1 Å². The Labute approximate surface area is 96.1 Å². The van der Waals surface area contributed by atoms with Gasteiger partial charge in [0.1, 0.15) is 0 Å². The smallest absolute Gasteiger partial charge is 0.207 e. The Bertz CT molecular complexity index is 465. The van der Waals surface area contributed by atoms with Gasteiger partial charge >= 0.3 is 0 Å². The van der Waals surface area contributed by atoms with Crippen LogP contribution in [0.2, 0.25) is 0 Å². The molecule has 3 nitrogen and oxygen atoms in total. The molecule has 0 saturated carbocycles. The number of nitrogens with one attached hydrogen (secondary N) is 1. The zero-order chi connectivity index (χ0) is 11.5. The van der Waals surface area contributed by atoms with Crippen molar-refractivity contribution in [1.29, 1.82) is 0 Å². The third-order valence-electron chi connectivity index (χ3n) is 2.46. The van der Waals surface area contributed by atoms with Crippen LogP contribution in [0.3, 0.4) is 0 Å². The maximum Gasteiger partial charge on any atom is 0.207 e. The minimum atomic E-state index is 0.877. The Morgan fingerprint density at radius 1 is 1.19 bits per heavy atom. The SMILES string of the molecule is CCNc1nccn1-c1cc(C)cc(C)c1. The van der Waals surface area contributed by atoms with Crippen molar-refractivity contribution in [3.05, 3.63) is 41.7 Å². The molecular weight excluding hydrogens is 198 g/mol. The molecule has 84 valence electrons.